The van der Waals surface area contributed by atoms with E-state index < -0.39 is 0 Å². The molecule has 0 radical (unpaired) electrons. The fourth-order valence-corrected chi connectivity index (χ4v) is 1.95. The van der Waals surface area contributed by atoms with E-state index in [4.69, 9.17) is 0 Å². The highest BCUT2D eigenvalue weighted by Crippen LogP contribution is 2.18. The van der Waals surface area contributed by atoms with Gasteiger partial charge in [-0.25, -0.2) is 0 Å². The van der Waals surface area contributed by atoms with Crippen molar-refractivity contribution in [3.8, 4) is 0 Å². The summed E-state index contributed by atoms with van der Waals surface area (Å²) < 4.78 is 0. The number of rotatable bonds is 5. The van der Waals surface area contributed by atoms with Gasteiger partial charge in [-0.3, -0.25) is 0 Å². The SMILES string of the molecule is CNCNCCc1cccc2ccccc12. The Kier molecular flexibility index (Phi) is 3.91. The minimum Gasteiger partial charge on any atom is -0.308 e. The first kappa shape index (κ1) is 11.1. The standard InChI is InChI=1S/C14H18N2/c1-15-11-16-10-9-13-7-4-6-12-5-2-3-8-14(12)13/h2-8,15-16H,9-11H2,1H3. The second-order valence-corrected chi connectivity index (χ2v) is 3.92. The lowest BCUT2D eigenvalue weighted by atomic mass is 10.0. The molecule has 2 nitrogen and oxygen atoms in total. The fraction of sp³-hybridized carbons (Fsp3) is 0.286. The van der Waals surface area contributed by atoms with Gasteiger partial charge < -0.3 is 10.6 Å². The van der Waals surface area contributed by atoms with Crippen LogP contribution in [0.4, 0.5) is 0 Å². The summed E-state index contributed by atoms with van der Waals surface area (Å²) >= 11 is 0. The van der Waals surface area contributed by atoms with Crippen molar-refractivity contribution in [1.82, 2.24) is 10.6 Å². The second kappa shape index (κ2) is 5.64. The Morgan fingerprint density at radius 2 is 1.81 bits per heavy atom. The molecular weight excluding hydrogens is 196 g/mol. The fourth-order valence-electron chi connectivity index (χ4n) is 1.95. The number of benzene rings is 2. The van der Waals surface area contributed by atoms with Crippen LogP contribution in [0.25, 0.3) is 10.8 Å². The van der Waals surface area contributed by atoms with Crippen LogP contribution in [-0.2, 0) is 6.42 Å². The minimum atomic E-state index is 0.866. The first-order valence-corrected chi connectivity index (χ1v) is 5.74. The van der Waals surface area contributed by atoms with Crippen molar-refractivity contribution in [2.24, 2.45) is 0 Å². The molecule has 84 valence electrons. The van der Waals surface area contributed by atoms with Gasteiger partial charge in [0.05, 0.1) is 0 Å². The third-order valence-corrected chi connectivity index (χ3v) is 2.75. The third-order valence-electron chi connectivity index (χ3n) is 2.75. The van der Waals surface area contributed by atoms with Gasteiger partial charge in [0, 0.05) is 13.2 Å². The van der Waals surface area contributed by atoms with Crippen LogP contribution in [0.15, 0.2) is 42.5 Å². The number of hydrogen-bond acceptors (Lipinski definition) is 2. The van der Waals surface area contributed by atoms with E-state index in [-0.39, 0.29) is 0 Å². The molecule has 0 unspecified atom stereocenters. The Labute approximate surface area is 96.7 Å². The molecule has 2 N–H and O–H groups in total. The summed E-state index contributed by atoms with van der Waals surface area (Å²) in [5.41, 5.74) is 1.42. The van der Waals surface area contributed by atoms with Crippen LogP contribution < -0.4 is 10.6 Å². The molecule has 2 rings (SSSR count). The van der Waals surface area contributed by atoms with Gasteiger partial charge in [0.2, 0.25) is 0 Å². The van der Waals surface area contributed by atoms with Gasteiger partial charge in [0.15, 0.2) is 0 Å². The van der Waals surface area contributed by atoms with Crippen LogP contribution in [0.5, 0.6) is 0 Å². The van der Waals surface area contributed by atoms with Gasteiger partial charge in [-0.15, -0.1) is 0 Å². The molecule has 0 aliphatic carbocycles. The first-order valence-electron chi connectivity index (χ1n) is 5.74. The molecule has 0 atom stereocenters. The Balaban J connectivity index is 2.11. The van der Waals surface area contributed by atoms with Gasteiger partial charge in [0.25, 0.3) is 0 Å². The highest BCUT2D eigenvalue weighted by atomic mass is 15.0. The highest BCUT2D eigenvalue weighted by Gasteiger charge is 1.98. The van der Waals surface area contributed by atoms with Crippen LogP contribution in [0, 0.1) is 0 Å². The predicted molar refractivity (Wildman–Crippen MR) is 69.6 cm³/mol. The maximum absolute atomic E-state index is 3.34. The molecule has 0 saturated heterocycles. The Hall–Kier alpha value is -1.38. The Morgan fingerprint density at radius 3 is 2.69 bits per heavy atom. The molecule has 0 aromatic heterocycles. The average Bonchev–Trinajstić information content (AvgIpc) is 2.35. The van der Waals surface area contributed by atoms with Crippen molar-refractivity contribution >= 4 is 10.8 Å². The van der Waals surface area contributed by atoms with Gasteiger partial charge >= 0.3 is 0 Å². The van der Waals surface area contributed by atoms with E-state index in [1.807, 2.05) is 7.05 Å². The summed E-state index contributed by atoms with van der Waals surface area (Å²) in [4.78, 5) is 0. The molecule has 2 aromatic carbocycles. The summed E-state index contributed by atoms with van der Waals surface area (Å²) in [7, 11) is 1.95. The number of nitrogens with one attached hydrogen (secondary N) is 2. The van der Waals surface area contributed by atoms with Crippen molar-refractivity contribution in [1.29, 1.82) is 0 Å². The zero-order valence-electron chi connectivity index (χ0n) is 9.66. The molecule has 0 fully saturated rings. The highest BCUT2D eigenvalue weighted by molar-refractivity contribution is 5.85. The van der Waals surface area contributed by atoms with E-state index in [9.17, 15) is 0 Å². The molecule has 0 bridgehead atoms. The van der Waals surface area contributed by atoms with E-state index in [0.717, 1.165) is 19.6 Å². The summed E-state index contributed by atoms with van der Waals surface area (Å²) in [6.45, 7) is 1.87. The molecule has 0 aliphatic rings. The summed E-state index contributed by atoms with van der Waals surface area (Å²) in [6, 6.07) is 15.1. The second-order valence-electron chi connectivity index (χ2n) is 3.92. The van der Waals surface area contributed by atoms with E-state index in [1.54, 1.807) is 0 Å². The normalized spacial score (nSPS) is 10.8. The lowest BCUT2D eigenvalue weighted by Gasteiger charge is -2.07. The van der Waals surface area contributed by atoms with Gasteiger partial charge in [-0.2, -0.15) is 0 Å². The zero-order chi connectivity index (χ0) is 11.2. The monoisotopic (exact) mass is 214 g/mol. The maximum atomic E-state index is 3.34. The van der Waals surface area contributed by atoms with E-state index in [1.165, 1.54) is 16.3 Å². The van der Waals surface area contributed by atoms with Crippen LogP contribution in [-0.4, -0.2) is 20.3 Å². The molecule has 0 amide bonds. The maximum Gasteiger partial charge on any atom is 0.0451 e. The Bertz CT molecular complexity index is 446. The van der Waals surface area contributed by atoms with E-state index >= 15 is 0 Å². The summed E-state index contributed by atoms with van der Waals surface area (Å²) in [5, 5.41) is 9.12. The van der Waals surface area contributed by atoms with Crippen LogP contribution >= 0.6 is 0 Å². The van der Waals surface area contributed by atoms with Gasteiger partial charge in [-0.1, -0.05) is 42.5 Å². The molecule has 2 heteroatoms. The zero-order valence-corrected chi connectivity index (χ0v) is 9.66. The molecule has 0 aliphatic heterocycles. The largest absolute Gasteiger partial charge is 0.308 e. The van der Waals surface area contributed by atoms with E-state index in [2.05, 4.69) is 53.1 Å². The Morgan fingerprint density at radius 1 is 1.00 bits per heavy atom. The average molecular weight is 214 g/mol. The van der Waals surface area contributed by atoms with Crippen molar-refractivity contribution in [2.75, 3.05) is 20.3 Å². The van der Waals surface area contributed by atoms with Crippen molar-refractivity contribution in [2.45, 2.75) is 6.42 Å². The molecular formula is C14H18N2. The van der Waals surface area contributed by atoms with Gasteiger partial charge in [0.1, 0.15) is 0 Å². The lowest BCUT2D eigenvalue weighted by Crippen LogP contribution is -2.27. The minimum absolute atomic E-state index is 0.866. The number of hydrogen-bond donors (Lipinski definition) is 2. The topological polar surface area (TPSA) is 24.1 Å². The van der Waals surface area contributed by atoms with Crippen molar-refractivity contribution in [3.63, 3.8) is 0 Å². The number of fused-ring (bicyclic) bond motifs is 1. The predicted octanol–water partition coefficient (Wildman–Crippen LogP) is 2.15. The molecule has 2 aromatic rings. The quantitative estimate of drug-likeness (QED) is 0.588. The van der Waals surface area contributed by atoms with E-state index in [0.29, 0.717) is 0 Å². The van der Waals surface area contributed by atoms with Crippen molar-refractivity contribution < 1.29 is 0 Å². The summed E-state index contributed by atoms with van der Waals surface area (Å²) in [6.07, 6.45) is 1.07. The molecule has 0 heterocycles. The molecule has 0 spiro atoms. The first-order chi connectivity index (χ1) is 7.92. The van der Waals surface area contributed by atoms with Crippen LogP contribution in [0.3, 0.4) is 0 Å². The smallest absolute Gasteiger partial charge is 0.0451 e. The third kappa shape index (κ3) is 2.60. The molecule has 16 heavy (non-hydrogen) atoms. The van der Waals surface area contributed by atoms with Gasteiger partial charge in [-0.05, 0) is 29.8 Å². The lowest BCUT2D eigenvalue weighted by molar-refractivity contribution is 0.632. The summed E-state index contributed by atoms with van der Waals surface area (Å²) in [5.74, 6) is 0. The van der Waals surface area contributed by atoms with Crippen LogP contribution in [0.1, 0.15) is 5.56 Å². The van der Waals surface area contributed by atoms with Crippen molar-refractivity contribution in [3.05, 3.63) is 48.0 Å². The van der Waals surface area contributed by atoms with Crippen LogP contribution in [0.2, 0.25) is 0 Å². The molecule has 0 saturated carbocycles.